The SMILES string of the molecule is CCCNc1ncnc(Sc2cccc(Br)c2)c1[N+](=O)[O-]. The van der Waals surface area contributed by atoms with Gasteiger partial charge in [-0.15, -0.1) is 0 Å². The zero-order chi connectivity index (χ0) is 15.2. The molecule has 0 bridgehead atoms. The van der Waals surface area contributed by atoms with E-state index >= 15 is 0 Å². The summed E-state index contributed by atoms with van der Waals surface area (Å²) in [6.45, 7) is 2.61. The van der Waals surface area contributed by atoms with Gasteiger partial charge in [0.25, 0.3) is 0 Å². The van der Waals surface area contributed by atoms with Crippen LogP contribution in [0.3, 0.4) is 0 Å². The molecule has 0 saturated carbocycles. The number of hydrogen-bond donors (Lipinski definition) is 1. The number of aromatic nitrogens is 2. The van der Waals surface area contributed by atoms with Gasteiger partial charge in [-0.05, 0) is 24.6 Å². The predicted molar refractivity (Wildman–Crippen MR) is 85.7 cm³/mol. The van der Waals surface area contributed by atoms with Crippen LogP contribution in [0.25, 0.3) is 0 Å². The molecule has 1 heterocycles. The smallest absolute Gasteiger partial charge is 0.343 e. The van der Waals surface area contributed by atoms with Crippen LogP contribution in [-0.4, -0.2) is 21.4 Å². The molecule has 0 fully saturated rings. The normalized spacial score (nSPS) is 10.4. The Morgan fingerprint density at radius 1 is 1.43 bits per heavy atom. The molecule has 0 saturated heterocycles. The molecule has 2 aromatic rings. The minimum absolute atomic E-state index is 0.0871. The summed E-state index contributed by atoms with van der Waals surface area (Å²) in [5.41, 5.74) is -0.0871. The van der Waals surface area contributed by atoms with E-state index in [0.717, 1.165) is 15.8 Å². The lowest BCUT2D eigenvalue weighted by Gasteiger charge is -2.07. The van der Waals surface area contributed by atoms with Crippen LogP contribution in [0.2, 0.25) is 0 Å². The number of nitrogens with one attached hydrogen (secondary N) is 1. The summed E-state index contributed by atoms with van der Waals surface area (Å²) < 4.78 is 0.911. The van der Waals surface area contributed by atoms with Crippen molar-refractivity contribution in [1.82, 2.24) is 9.97 Å². The first kappa shape index (κ1) is 15.7. The molecule has 1 aromatic heterocycles. The van der Waals surface area contributed by atoms with E-state index in [0.29, 0.717) is 11.6 Å². The summed E-state index contributed by atoms with van der Waals surface area (Å²) in [6.07, 6.45) is 2.20. The highest BCUT2D eigenvalue weighted by Gasteiger charge is 2.23. The van der Waals surface area contributed by atoms with E-state index in [1.54, 1.807) is 0 Å². The first-order valence-corrected chi connectivity index (χ1v) is 7.89. The van der Waals surface area contributed by atoms with Gasteiger partial charge in [-0.25, -0.2) is 9.97 Å². The first-order chi connectivity index (χ1) is 10.1. The number of halogens is 1. The Labute approximate surface area is 134 Å². The summed E-state index contributed by atoms with van der Waals surface area (Å²) >= 11 is 4.62. The van der Waals surface area contributed by atoms with Crippen LogP contribution in [0.4, 0.5) is 11.5 Å². The fourth-order valence-corrected chi connectivity index (χ4v) is 3.09. The Morgan fingerprint density at radius 3 is 2.90 bits per heavy atom. The molecule has 0 aliphatic rings. The van der Waals surface area contributed by atoms with Gasteiger partial charge in [-0.1, -0.05) is 40.7 Å². The van der Waals surface area contributed by atoms with E-state index in [4.69, 9.17) is 0 Å². The maximum absolute atomic E-state index is 11.3. The third kappa shape index (κ3) is 4.15. The third-order valence-corrected chi connectivity index (χ3v) is 4.00. The number of nitro groups is 1. The van der Waals surface area contributed by atoms with Crippen LogP contribution in [0.1, 0.15) is 13.3 Å². The molecular formula is C13H13BrN4O2S. The van der Waals surface area contributed by atoms with Gasteiger partial charge in [0.1, 0.15) is 6.33 Å². The quantitative estimate of drug-likeness (QED) is 0.469. The topological polar surface area (TPSA) is 81.0 Å². The van der Waals surface area contributed by atoms with Gasteiger partial charge in [0.05, 0.1) is 4.92 Å². The molecule has 0 atom stereocenters. The number of nitrogens with zero attached hydrogens (tertiary/aromatic N) is 3. The van der Waals surface area contributed by atoms with Crippen molar-refractivity contribution in [2.45, 2.75) is 23.3 Å². The zero-order valence-electron chi connectivity index (χ0n) is 11.2. The van der Waals surface area contributed by atoms with Crippen molar-refractivity contribution >= 4 is 39.2 Å². The van der Waals surface area contributed by atoms with Crippen molar-refractivity contribution in [3.05, 3.63) is 45.2 Å². The second kappa shape index (κ2) is 7.37. The molecule has 0 unspecified atom stereocenters. The van der Waals surface area contributed by atoms with Gasteiger partial charge in [-0.2, -0.15) is 0 Å². The van der Waals surface area contributed by atoms with E-state index in [9.17, 15) is 10.1 Å². The Kier molecular flexibility index (Phi) is 5.51. The van der Waals surface area contributed by atoms with Gasteiger partial charge in [0, 0.05) is 15.9 Å². The standard InChI is InChI=1S/C13H13BrN4O2S/c1-2-6-15-12-11(18(19)20)13(17-8-16-12)21-10-5-3-4-9(14)7-10/h3-5,7-8H,2,6H2,1H3,(H,15,16,17). The van der Waals surface area contributed by atoms with Crippen molar-refractivity contribution in [2.75, 3.05) is 11.9 Å². The molecule has 21 heavy (non-hydrogen) atoms. The van der Waals surface area contributed by atoms with Crippen LogP contribution in [0.15, 0.2) is 45.0 Å². The first-order valence-electron chi connectivity index (χ1n) is 6.28. The minimum atomic E-state index is -0.446. The third-order valence-electron chi connectivity index (χ3n) is 2.52. The summed E-state index contributed by atoms with van der Waals surface area (Å²) in [5, 5.41) is 14.6. The summed E-state index contributed by atoms with van der Waals surface area (Å²) in [5.74, 6) is 0.259. The number of anilines is 1. The molecule has 0 amide bonds. The molecule has 8 heteroatoms. The molecule has 1 N–H and O–H groups in total. The molecule has 110 valence electrons. The van der Waals surface area contributed by atoms with E-state index in [2.05, 4.69) is 31.2 Å². The van der Waals surface area contributed by atoms with Crippen molar-refractivity contribution in [1.29, 1.82) is 0 Å². The molecule has 0 aliphatic carbocycles. The maximum atomic E-state index is 11.3. The Bertz CT molecular complexity index is 654. The highest BCUT2D eigenvalue weighted by Crippen LogP contribution is 2.37. The van der Waals surface area contributed by atoms with Gasteiger partial charge in [0.2, 0.25) is 5.82 Å². The van der Waals surface area contributed by atoms with E-state index in [1.165, 1.54) is 18.1 Å². The van der Waals surface area contributed by atoms with Crippen molar-refractivity contribution < 1.29 is 4.92 Å². The van der Waals surface area contributed by atoms with Crippen molar-refractivity contribution in [2.24, 2.45) is 0 Å². The lowest BCUT2D eigenvalue weighted by atomic mass is 10.4. The van der Waals surface area contributed by atoms with Gasteiger partial charge < -0.3 is 5.32 Å². The van der Waals surface area contributed by atoms with Crippen LogP contribution in [-0.2, 0) is 0 Å². The van der Waals surface area contributed by atoms with E-state index < -0.39 is 4.92 Å². The summed E-state index contributed by atoms with van der Waals surface area (Å²) in [4.78, 5) is 19.8. The number of rotatable bonds is 6. The second-order valence-corrected chi connectivity index (χ2v) is 6.10. The lowest BCUT2D eigenvalue weighted by molar-refractivity contribution is -0.387. The molecule has 2 rings (SSSR count). The van der Waals surface area contributed by atoms with Crippen LogP contribution in [0.5, 0.6) is 0 Å². The highest BCUT2D eigenvalue weighted by molar-refractivity contribution is 9.10. The van der Waals surface area contributed by atoms with Crippen molar-refractivity contribution in [3.63, 3.8) is 0 Å². The predicted octanol–water partition coefficient (Wildman–Crippen LogP) is 4.12. The Hall–Kier alpha value is -1.67. The lowest BCUT2D eigenvalue weighted by Crippen LogP contribution is -2.07. The van der Waals surface area contributed by atoms with Gasteiger partial charge >= 0.3 is 5.69 Å². The van der Waals surface area contributed by atoms with Crippen LogP contribution >= 0.6 is 27.7 Å². The monoisotopic (exact) mass is 368 g/mol. The van der Waals surface area contributed by atoms with Crippen molar-refractivity contribution in [3.8, 4) is 0 Å². The molecule has 0 radical (unpaired) electrons. The van der Waals surface area contributed by atoms with Gasteiger partial charge in [-0.3, -0.25) is 10.1 Å². The largest absolute Gasteiger partial charge is 0.364 e. The van der Waals surface area contributed by atoms with E-state index in [-0.39, 0.29) is 11.5 Å². The number of hydrogen-bond acceptors (Lipinski definition) is 6. The molecule has 6 nitrogen and oxygen atoms in total. The van der Waals surface area contributed by atoms with E-state index in [1.807, 2.05) is 31.2 Å². The maximum Gasteiger partial charge on any atom is 0.343 e. The number of benzene rings is 1. The van der Waals surface area contributed by atoms with Crippen LogP contribution < -0.4 is 5.32 Å². The fraction of sp³-hybridized carbons (Fsp3) is 0.231. The highest BCUT2D eigenvalue weighted by atomic mass is 79.9. The summed E-state index contributed by atoms with van der Waals surface area (Å²) in [7, 11) is 0. The average molecular weight is 369 g/mol. The zero-order valence-corrected chi connectivity index (χ0v) is 13.6. The molecule has 1 aromatic carbocycles. The Balaban J connectivity index is 2.36. The second-order valence-electron chi connectivity index (χ2n) is 4.12. The molecule has 0 aliphatic heterocycles. The Morgan fingerprint density at radius 2 is 2.24 bits per heavy atom. The van der Waals surface area contributed by atoms with Crippen LogP contribution in [0, 0.1) is 10.1 Å². The fourth-order valence-electron chi connectivity index (χ4n) is 1.62. The molecular weight excluding hydrogens is 356 g/mol. The minimum Gasteiger partial charge on any atom is -0.364 e. The summed E-state index contributed by atoms with van der Waals surface area (Å²) in [6, 6.07) is 7.53. The van der Waals surface area contributed by atoms with Gasteiger partial charge in [0.15, 0.2) is 5.03 Å². The average Bonchev–Trinajstić information content (AvgIpc) is 2.45. The molecule has 0 spiro atoms.